The molecule has 0 fully saturated rings. The third-order valence-corrected chi connectivity index (χ3v) is 5.58. The molecule has 0 bridgehead atoms. The lowest BCUT2D eigenvalue weighted by Crippen LogP contribution is -2.36. The van der Waals surface area contributed by atoms with Crippen LogP contribution in [0.2, 0.25) is 0 Å². The number of halogens is 1. The van der Waals surface area contributed by atoms with Crippen LogP contribution in [0, 0.1) is 11.7 Å². The number of H-pyrrole nitrogens is 1. The van der Waals surface area contributed by atoms with Crippen LogP contribution in [0.4, 0.5) is 4.39 Å². The zero-order valence-corrected chi connectivity index (χ0v) is 16.0. The molecule has 1 aromatic heterocycles. The van der Waals surface area contributed by atoms with Crippen molar-refractivity contribution in [3.8, 4) is 0 Å². The summed E-state index contributed by atoms with van der Waals surface area (Å²) in [6.45, 7) is 1.89. The van der Waals surface area contributed by atoms with Crippen LogP contribution in [0.5, 0.6) is 0 Å². The number of carbonyl (C=O) groups excluding carboxylic acids is 1. The summed E-state index contributed by atoms with van der Waals surface area (Å²) in [4.78, 5) is 17.9. The Bertz CT molecular complexity index is 1070. The molecule has 1 aliphatic rings. The molecule has 0 radical (unpaired) electrons. The molecule has 6 nitrogen and oxygen atoms in total. The second-order valence-electron chi connectivity index (χ2n) is 7.55. The number of guanidine groups is 1. The highest BCUT2D eigenvalue weighted by atomic mass is 19.1. The molecule has 4 rings (SSSR count). The van der Waals surface area contributed by atoms with Crippen molar-refractivity contribution in [3.05, 3.63) is 88.5 Å². The summed E-state index contributed by atoms with van der Waals surface area (Å²) in [6, 6.07) is 11.8. The van der Waals surface area contributed by atoms with Crippen molar-refractivity contribution in [2.75, 3.05) is 0 Å². The quantitative estimate of drug-likeness (QED) is 0.459. The Labute approximate surface area is 167 Å². The van der Waals surface area contributed by atoms with Crippen LogP contribution in [0.15, 0.2) is 59.9 Å². The van der Waals surface area contributed by atoms with Gasteiger partial charge in [-0.05, 0) is 47.7 Å². The molecule has 7 heteroatoms. The summed E-state index contributed by atoms with van der Waals surface area (Å²) in [6.07, 6.45) is 4.59. The van der Waals surface area contributed by atoms with Crippen molar-refractivity contribution < 1.29 is 9.18 Å². The summed E-state index contributed by atoms with van der Waals surface area (Å²) in [7, 11) is 0. The van der Waals surface area contributed by atoms with Crippen molar-refractivity contribution in [3.63, 3.8) is 0 Å². The third kappa shape index (κ3) is 3.40. The van der Waals surface area contributed by atoms with E-state index in [1.54, 1.807) is 18.3 Å². The molecule has 2 atom stereocenters. The average Bonchev–Trinajstić information content (AvgIpc) is 3.25. The lowest BCUT2D eigenvalue weighted by Gasteiger charge is -2.29. The molecule has 3 aromatic rings. The molecule has 148 valence electrons. The number of ketones is 1. The van der Waals surface area contributed by atoms with Crippen molar-refractivity contribution in [2.24, 2.45) is 22.4 Å². The number of hydrogen-bond acceptors (Lipinski definition) is 3. The predicted octanol–water partition coefficient (Wildman–Crippen LogP) is 2.68. The normalized spacial score (nSPS) is 20.5. The van der Waals surface area contributed by atoms with Gasteiger partial charge in [-0.1, -0.05) is 30.3 Å². The van der Waals surface area contributed by atoms with Gasteiger partial charge < -0.3 is 11.5 Å². The van der Waals surface area contributed by atoms with E-state index in [1.807, 2.05) is 31.3 Å². The fourth-order valence-corrected chi connectivity index (χ4v) is 4.31. The summed E-state index contributed by atoms with van der Waals surface area (Å²) in [5.41, 5.74) is 14.9. The van der Waals surface area contributed by atoms with Crippen molar-refractivity contribution in [1.29, 1.82) is 0 Å². The first-order valence-corrected chi connectivity index (χ1v) is 9.38. The summed E-state index contributed by atoms with van der Waals surface area (Å²) < 4.78 is 13.3. The first-order chi connectivity index (χ1) is 13.9. The van der Waals surface area contributed by atoms with Gasteiger partial charge >= 0.3 is 0 Å². The molecule has 0 saturated carbocycles. The molecular weight excluding hydrogens is 369 g/mol. The average molecular weight is 391 g/mol. The highest BCUT2D eigenvalue weighted by Crippen LogP contribution is 2.47. The first-order valence-electron chi connectivity index (χ1n) is 9.38. The van der Waals surface area contributed by atoms with Crippen LogP contribution in [0.25, 0.3) is 0 Å². The van der Waals surface area contributed by atoms with Gasteiger partial charge in [-0.2, -0.15) is 5.10 Å². The largest absolute Gasteiger partial charge is 0.370 e. The maximum Gasteiger partial charge on any atom is 0.186 e. The monoisotopic (exact) mass is 391 g/mol. The maximum atomic E-state index is 13.4. The van der Waals surface area contributed by atoms with Gasteiger partial charge in [0.05, 0.1) is 17.7 Å². The number of benzene rings is 2. The predicted molar refractivity (Wildman–Crippen MR) is 109 cm³/mol. The number of fused-ring (bicyclic) bond motifs is 1. The highest BCUT2D eigenvalue weighted by molar-refractivity contribution is 6.05. The van der Waals surface area contributed by atoms with Crippen LogP contribution in [-0.2, 0) is 18.4 Å². The number of aliphatic imine (C=N–C) groups is 1. The zero-order chi connectivity index (χ0) is 20.6. The van der Waals surface area contributed by atoms with E-state index in [4.69, 9.17) is 11.5 Å². The molecule has 1 aliphatic carbocycles. The highest BCUT2D eigenvalue weighted by Gasteiger charge is 2.50. The van der Waals surface area contributed by atoms with Crippen LogP contribution in [-0.4, -0.2) is 21.9 Å². The van der Waals surface area contributed by atoms with Crippen LogP contribution >= 0.6 is 0 Å². The molecule has 29 heavy (non-hydrogen) atoms. The van der Waals surface area contributed by atoms with E-state index in [1.165, 1.54) is 12.1 Å². The Morgan fingerprint density at radius 3 is 2.62 bits per heavy atom. The Morgan fingerprint density at radius 2 is 1.97 bits per heavy atom. The number of hydrogen-bond donors (Lipinski definition) is 3. The van der Waals surface area contributed by atoms with E-state index >= 15 is 0 Å². The number of nitrogens with one attached hydrogen (secondary N) is 1. The van der Waals surface area contributed by atoms with Gasteiger partial charge in [0.25, 0.3) is 0 Å². The second-order valence-corrected chi connectivity index (χ2v) is 7.55. The topological polar surface area (TPSA) is 110 Å². The van der Waals surface area contributed by atoms with Crippen LogP contribution < -0.4 is 11.5 Å². The molecule has 0 spiro atoms. The number of aromatic nitrogens is 2. The van der Waals surface area contributed by atoms with Gasteiger partial charge in [-0.25, -0.2) is 9.38 Å². The minimum Gasteiger partial charge on any atom is -0.370 e. The number of rotatable bonds is 5. The van der Waals surface area contributed by atoms with E-state index in [2.05, 4.69) is 15.2 Å². The summed E-state index contributed by atoms with van der Waals surface area (Å²) in [5, 5.41) is 6.81. The van der Waals surface area contributed by atoms with Gasteiger partial charge in [-0.3, -0.25) is 9.89 Å². The number of nitrogens with two attached hydrogens (primary N) is 2. The lowest BCUT2D eigenvalue weighted by atomic mass is 9.79. The van der Waals surface area contributed by atoms with E-state index in [9.17, 15) is 9.18 Å². The second kappa shape index (κ2) is 7.16. The molecule has 5 N–H and O–H groups in total. The van der Waals surface area contributed by atoms with Gasteiger partial charge in [0.15, 0.2) is 11.7 Å². The zero-order valence-electron chi connectivity index (χ0n) is 16.0. The van der Waals surface area contributed by atoms with Crippen molar-refractivity contribution in [1.82, 2.24) is 10.2 Å². The smallest absolute Gasteiger partial charge is 0.186 e. The van der Waals surface area contributed by atoms with Gasteiger partial charge in [-0.15, -0.1) is 0 Å². The van der Waals surface area contributed by atoms with Gasteiger partial charge in [0.2, 0.25) is 0 Å². The fourth-order valence-electron chi connectivity index (χ4n) is 4.31. The summed E-state index contributed by atoms with van der Waals surface area (Å²) >= 11 is 0. The molecule has 1 heterocycles. The maximum absolute atomic E-state index is 13.4. The standard InChI is InChI=1S/C22H22FN5O/c1-22(28-21(24)25)18(10-13-5-7-16(23)8-6-13)20(29)17-4-2-3-15(19(17)22)9-14-11-26-27-12-14/h2-8,11-12,18H,9-10H2,1H3,(H,26,27)(H4,24,25,28). The number of aromatic amines is 1. The molecule has 0 saturated heterocycles. The lowest BCUT2D eigenvalue weighted by molar-refractivity contribution is 0.0893. The Balaban J connectivity index is 1.82. The Kier molecular flexibility index (Phi) is 4.66. The van der Waals surface area contributed by atoms with Crippen LogP contribution in [0.3, 0.4) is 0 Å². The Hall–Kier alpha value is -3.48. The summed E-state index contributed by atoms with van der Waals surface area (Å²) in [5.74, 6) is -0.888. The minimum absolute atomic E-state index is 0.00845. The number of Topliss-reactive ketones (excluding diaryl/α,β-unsaturated/α-hetero) is 1. The molecule has 2 aromatic carbocycles. The van der Waals surface area contributed by atoms with Crippen molar-refractivity contribution in [2.45, 2.75) is 25.3 Å². The molecule has 0 amide bonds. The SMILES string of the molecule is CC1(N=C(N)N)c2c(Cc3cn[nH]c3)cccc2C(=O)C1Cc1ccc(F)cc1. The van der Waals surface area contributed by atoms with Crippen molar-refractivity contribution >= 4 is 11.7 Å². The number of nitrogens with zero attached hydrogens (tertiary/aromatic N) is 2. The van der Waals surface area contributed by atoms with E-state index in [0.29, 0.717) is 18.4 Å². The van der Waals surface area contributed by atoms with E-state index in [0.717, 1.165) is 22.3 Å². The number of carbonyl (C=O) groups is 1. The molecular formula is C22H22FN5O. The Morgan fingerprint density at radius 1 is 1.21 bits per heavy atom. The van der Waals surface area contributed by atoms with E-state index < -0.39 is 11.5 Å². The first kappa shape index (κ1) is 18.9. The van der Waals surface area contributed by atoms with E-state index in [-0.39, 0.29) is 17.6 Å². The third-order valence-electron chi connectivity index (χ3n) is 5.58. The molecule has 2 unspecified atom stereocenters. The van der Waals surface area contributed by atoms with Gasteiger partial charge in [0.1, 0.15) is 5.82 Å². The van der Waals surface area contributed by atoms with Gasteiger partial charge in [0, 0.05) is 18.2 Å². The minimum atomic E-state index is -0.917. The fraction of sp³-hybridized carbons (Fsp3) is 0.227. The van der Waals surface area contributed by atoms with Crippen LogP contribution in [0.1, 0.15) is 39.5 Å². The molecule has 0 aliphatic heterocycles.